The van der Waals surface area contributed by atoms with Gasteiger partial charge in [0, 0.05) is 27.8 Å². The van der Waals surface area contributed by atoms with Gasteiger partial charge in [-0.3, -0.25) is 13.3 Å². The standard InChI is InChI=1S/C21H22F3N7O2S/c1-12-5-13(7-25)8-27-17(12)18(32)29-14-3-4-16(22)15(6-14)20(2)11-34(33)28-9-21(23,24)10-31(34)19(26)30-20/h3-6,8,34H,9-11H2,1-2H3,(H2,26,30)(H,28,33)(H,29,32)/t20-/m0/s1. The van der Waals surface area contributed by atoms with Gasteiger partial charge in [0.15, 0.2) is 0 Å². The number of rotatable bonds is 3. The SMILES string of the molecule is Cc1cc(C#N)cnc1C(=O)Nc1ccc(F)c([C@]2(C)C[SH]3(=O)NCC(F)(F)CN3C(N)=N2)c1. The van der Waals surface area contributed by atoms with Crippen LogP contribution in [0.4, 0.5) is 18.9 Å². The maximum atomic E-state index is 14.9. The first-order chi connectivity index (χ1) is 15.9. The van der Waals surface area contributed by atoms with Crippen molar-refractivity contribution in [3.8, 4) is 6.07 Å². The number of alkyl halides is 2. The lowest BCUT2D eigenvalue weighted by molar-refractivity contribution is -0.00817. The molecule has 1 aromatic carbocycles. The number of thiol groups is 1. The van der Waals surface area contributed by atoms with Gasteiger partial charge in [0.1, 0.15) is 23.1 Å². The Morgan fingerprint density at radius 2 is 2.12 bits per heavy atom. The highest BCUT2D eigenvalue weighted by Gasteiger charge is 2.50. The molecule has 13 heteroatoms. The molecule has 1 saturated heterocycles. The predicted octanol–water partition coefficient (Wildman–Crippen LogP) is 1.58. The minimum atomic E-state index is -3.61. The number of pyridine rings is 1. The van der Waals surface area contributed by atoms with Crippen molar-refractivity contribution in [2.75, 3.05) is 24.2 Å². The molecule has 0 bridgehead atoms. The second-order valence-corrected chi connectivity index (χ2v) is 11.0. The van der Waals surface area contributed by atoms with E-state index in [4.69, 9.17) is 11.0 Å². The van der Waals surface area contributed by atoms with Crippen molar-refractivity contribution < 1.29 is 22.2 Å². The van der Waals surface area contributed by atoms with Crippen LogP contribution in [0.1, 0.15) is 34.1 Å². The molecule has 2 aliphatic heterocycles. The van der Waals surface area contributed by atoms with Crippen molar-refractivity contribution in [3.63, 3.8) is 0 Å². The summed E-state index contributed by atoms with van der Waals surface area (Å²) in [5, 5.41) is 11.6. The van der Waals surface area contributed by atoms with Crippen LogP contribution >= 0.6 is 0 Å². The highest BCUT2D eigenvalue weighted by Crippen LogP contribution is 2.39. The number of nitrogens with two attached hydrogens (primary N) is 1. The highest BCUT2D eigenvalue weighted by atomic mass is 32.3. The number of hydrogen-bond donors (Lipinski definition) is 4. The van der Waals surface area contributed by atoms with Crippen LogP contribution in [-0.2, 0) is 15.8 Å². The van der Waals surface area contributed by atoms with E-state index < -0.39 is 46.6 Å². The van der Waals surface area contributed by atoms with Crippen molar-refractivity contribution in [1.29, 1.82) is 5.26 Å². The number of aromatic nitrogens is 1. The van der Waals surface area contributed by atoms with Gasteiger partial charge in [-0.15, -0.1) is 0 Å². The Balaban J connectivity index is 1.66. The average molecular weight is 494 g/mol. The van der Waals surface area contributed by atoms with E-state index in [1.165, 1.54) is 31.3 Å². The van der Waals surface area contributed by atoms with Crippen molar-refractivity contribution in [2.45, 2.75) is 25.3 Å². The zero-order valence-electron chi connectivity index (χ0n) is 18.3. The lowest BCUT2D eigenvalue weighted by atomic mass is 9.93. The summed E-state index contributed by atoms with van der Waals surface area (Å²) in [5.74, 6) is -5.07. The maximum Gasteiger partial charge on any atom is 0.279 e. The molecule has 1 fully saturated rings. The Labute approximate surface area is 194 Å². The first-order valence-corrected chi connectivity index (χ1v) is 12.0. The summed E-state index contributed by atoms with van der Waals surface area (Å²) in [6.07, 6.45) is 1.27. The molecule has 0 spiro atoms. The van der Waals surface area contributed by atoms with E-state index in [9.17, 15) is 22.2 Å². The van der Waals surface area contributed by atoms with Gasteiger partial charge in [-0.05, 0) is 43.7 Å². The Kier molecular flexibility index (Phi) is 5.61. The number of anilines is 1. The molecular formula is C21H22F3N7O2S. The smallest absolute Gasteiger partial charge is 0.279 e. The number of carbonyl (C=O) groups excluding carboxylic acids is 1. The largest absolute Gasteiger partial charge is 0.369 e. The van der Waals surface area contributed by atoms with Crippen LogP contribution in [-0.4, -0.2) is 50.1 Å². The number of carbonyl (C=O) groups is 1. The van der Waals surface area contributed by atoms with Crippen molar-refractivity contribution in [2.24, 2.45) is 10.7 Å². The minimum absolute atomic E-state index is 0.00762. The summed E-state index contributed by atoms with van der Waals surface area (Å²) in [6.45, 7) is 1.49. The second-order valence-electron chi connectivity index (χ2n) is 8.50. The average Bonchev–Trinajstić information content (AvgIpc) is 2.75. The van der Waals surface area contributed by atoms with E-state index >= 15 is 0 Å². The molecule has 0 saturated carbocycles. The molecule has 0 aliphatic carbocycles. The molecular weight excluding hydrogens is 471 g/mol. The lowest BCUT2D eigenvalue weighted by Crippen LogP contribution is -2.68. The first kappa shape index (κ1) is 23.7. The molecule has 4 rings (SSSR count). The number of nitriles is 1. The third-order valence-electron chi connectivity index (χ3n) is 5.73. The van der Waals surface area contributed by atoms with Gasteiger partial charge in [0.05, 0.1) is 24.4 Å². The fourth-order valence-electron chi connectivity index (χ4n) is 4.09. The molecule has 0 radical (unpaired) electrons. The summed E-state index contributed by atoms with van der Waals surface area (Å²) in [7, 11) is -3.61. The zero-order valence-corrected chi connectivity index (χ0v) is 19.2. The van der Waals surface area contributed by atoms with Crippen LogP contribution in [0.5, 0.6) is 0 Å². The summed E-state index contributed by atoms with van der Waals surface area (Å²) in [4.78, 5) is 20.9. The number of aryl methyl sites for hydroxylation is 1. The van der Waals surface area contributed by atoms with Gasteiger partial charge >= 0.3 is 0 Å². The van der Waals surface area contributed by atoms with E-state index in [1.807, 2.05) is 6.07 Å². The van der Waals surface area contributed by atoms with Gasteiger partial charge in [-0.2, -0.15) is 5.26 Å². The number of amides is 1. The molecule has 3 heterocycles. The first-order valence-electron chi connectivity index (χ1n) is 10.2. The Bertz CT molecular complexity index is 1310. The fourth-order valence-corrected chi connectivity index (χ4v) is 6.91. The Morgan fingerprint density at radius 1 is 1.38 bits per heavy atom. The number of halogens is 3. The topological polar surface area (TPSA) is 136 Å². The molecule has 180 valence electrons. The molecule has 0 unspecified atom stereocenters. The van der Waals surface area contributed by atoms with Crippen molar-refractivity contribution in [3.05, 3.63) is 58.7 Å². The molecule has 4 N–H and O–H groups in total. The Morgan fingerprint density at radius 3 is 2.79 bits per heavy atom. The van der Waals surface area contributed by atoms with Gasteiger partial charge in [-0.25, -0.2) is 27.9 Å². The van der Waals surface area contributed by atoms with Crippen molar-refractivity contribution >= 4 is 27.9 Å². The van der Waals surface area contributed by atoms with Crippen molar-refractivity contribution in [1.82, 2.24) is 14.0 Å². The summed E-state index contributed by atoms with van der Waals surface area (Å²) < 4.78 is 59.3. The van der Waals surface area contributed by atoms with E-state index in [0.29, 0.717) is 11.1 Å². The number of guanidine groups is 1. The fraction of sp³-hybridized carbons (Fsp3) is 0.333. The van der Waals surface area contributed by atoms with E-state index in [2.05, 4.69) is 20.0 Å². The molecule has 2 aliphatic rings. The second kappa shape index (κ2) is 8.07. The normalized spacial score (nSPS) is 23.8. The van der Waals surface area contributed by atoms with E-state index in [-0.39, 0.29) is 28.7 Å². The van der Waals surface area contributed by atoms with Crippen LogP contribution in [0.15, 0.2) is 35.5 Å². The van der Waals surface area contributed by atoms with Gasteiger partial charge in [-0.1, -0.05) is 0 Å². The molecule has 34 heavy (non-hydrogen) atoms. The summed E-state index contributed by atoms with van der Waals surface area (Å²) in [6, 6.07) is 7.24. The lowest BCUT2D eigenvalue weighted by Gasteiger charge is -2.50. The van der Waals surface area contributed by atoms with E-state index in [0.717, 1.165) is 10.4 Å². The van der Waals surface area contributed by atoms with Crippen LogP contribution in [0.25, 0.3) is 0 Å². The number of nitrogens with one attached hydrogen (secondary N) is 2. The van der Waals surface area contributed by atoms with Gasteiger partial charge < -0.3 is 11.1 Å². The number of nitrogens with zero attached hydrogens (tertiary/aromatic N) is 4. The monoisotopic (exact) mass is 493 g/mol. The van der Waals surface area contributed by atoms with Crippen LogP contribution in [0.2, 0.25) is 0 Å². The zero-order chi connectivity index (χ0) is 24.9. The minimum Gasteiger partial charge on any atom is -0.369 e. The van der Waals surface area contributed by atoms with Crippen LogP contribution in [0.3, 0.4) is 0 Å². The highest BCUT2D eigenvalue weighted by molar-refractivity contribution is 7.99. The van der Waals surface area contributed by atoms with E-state index in [1.54, 1.807) is 6.92 Å². The molecule has 1 atom stereocenters. The molecule has 1 aromatic heterocycles. The van der Waals surface area contributed by atoms with Gasteiger partial charge in [0.2, 0.25) is 5.96 Å². The third kappa shape index (κ3) is 4.22. The quantitative estimate of drug-likeness (QED) is 0.482. The van der Waals surface area contributed by atoms with Gasteiger partial charge in [0.25, 0.3) is 11.8 Å². The van der Waals surface area contributed by atoms with Crippen LogP contribution < -0.4 is 15.8 Å². The predicted molar refractivity (Wildman–Crippen MR) is 121 cm³/mol. The number of hydrogen-bond acceptors (Lipinski definition) is 6. The summed E-state index contributed by atoms with van der Waals surface area (Å²) in [5.41, 5.74) is 5.54. The third-order valence-corrected chi connectivity index (χ3v) is 8.55. The summed E-state index contributed by atoms with van der Waals surface area (Å²) >= 11 is 0. The molecule has 9 nitrogen and oxygen atoms in total. The number of fused-ring (bicyclic) bond motifs is 1. The maximum absolute atomic E-state index is 14.9. The molecule has 1 amide bonds. The Hall–Kier alpha value is -3.50. The number of benzene rings is 1. The molecule has 2 aromatic rings. The number of aliphatic imine (C=N–C) groups is 1. The van der Waals surface area contributed by atoms with Crippen LogP contribution in [0, 0.1) is 24.1 Å².